The molecule has 2 heterocycles. The fourth-order valence-corrected chi connectivity index (χ4v) is 2.84. The second-order valence-corrected chi connectivity index (χ2v) is 6.20. The number of carbonyl (C=O) groups excluding carboxylic acids is 1. The zero-order valence-electron chi connectivity index (χ0n) is 14.2. The van der Waals surface area contributed by atoms with E-state index >= 15 is 0 Å². The maximum Gasteiger partial charge on any atom is 0.271 e. The first-order valence-electron chi connectivity index (χ1n) is 8.25. The Bertz CT molecular complexity index is 699. The number of hydrogen-bond acceptors (Lipinski definition) is 5. The molecule has 0 radical (unpaired) electrons. The zero-order valence-corrected chi connectivity index (χ0v) is 14.2. The van der Waals surface area contributed by atoms with Crippen molar-refractivity contribution in [3.05, 3.63) is 47.9 Å². The molecule has 0 saturated heterocycles. The molecule has 0 aliphatic carbocycles. The molecule has 0 fully saturated rings. The minimum Gasteiger partial charge on any atom is -0.351 e. The summed E-state index contributed by atoms with van der Waals surface area (Å²) >= 11 is 0. The van der Waals surface area contributed by atoms with Crippen LogP contribution in [0.4, 0.5) is 11.5 Å². The summed E-state index contributed by atoms with van der Waals surface area (Å²) in [6, 6.07) is 8.31. The number of aromatic nitrogens is 2. The van der Waals surface area contributed by atoms with Crippen LogP contribution in [0.2, 0.25) is 0 Å². The Kier molecular flexibility index (Phi) is 5.05. The Morgan fingerprint density at radius 1 is 1.25 bits per heavy atom. The molecule has 1 N–H and O–H groups in total. The van der Waals surface area contributed by atoms with E-state index in [2.05, 4.69) is 43.3 Å². The first kappa shape index (κ1) is 16.4. The third kappa shape index (κ3) is 3.71. The third-order valence-corrected chi connectivity index (χ3v) is 4.10. The minimum absolute atomic E-state index is 0.172. The number of rotatable bonds is 6. The summed E-state index contributed by atoms with van der Waals surface area (Å²) in [6.07, 6.45) is 5.15. The molecular formula is C18H23N5O. The molecule has 126 valence electrons. The van der Waals surface area contributed by atoms with E-state index < -0.39 is 0 Å². The van der Waals surface area contributed by atoms with Gasteiger partial charge in [-0.15, -0.1) is 0 Å². The molecule has 0 bridgehead atoms. The summed E-state index contributed by atoms with van der Waals surface area (Å²) < 4.78 is 0. The van der Waals surface area contributed by atoms with E-state index in [0.717, 1.165) is 31.7 Å². The fraction of sp³-hybridized carbons (Fsp3) is 0.389. The van der Waals surface area contributed by atoms with Gasteiger partial charge in [-0.3, -0.25) is 4.79 Å². The van der Waals surface area contributed by atoms with Crippen molar-refractivity contribution in [2.24, 2.45) is 0 Å². The molecule has 0 atom stereocenters. The quantitative estimate of drug-likeness (QED) is 0.821. The van der Waals surface area contributed by atoms with E-state index in [1.807, 2.05) is 20.2 Å². The Morgan fingerprint density at radius 2 is 2.08 bits per heavy atom. The van der Waals surface area contributed by atoms with Gasteiger partial charge in [-0.1, -0.05) is 18.2 Å². The van der Waals surface area contributed by atoms with Crippen LogP contribution in [0.25, 0.3) is 0 Å². The minimum atomic E-state index is -0.172. The van der Waals surface area contributed by atoms with Crippen LogP contribution < -0.4 is 10.2 Å². The lowest BCUT2D eigenvalue weighted by Crippen LogP contribution is -2.28. The van der Waals surface area contributed by atoms with Crippen molar-refractivity contribution in [3.63, 3.8) is 0 Å². The van der Waals surface area contributed by atoms with Crippen LogP contribution in [0.1, 0.15) is 22.5 Å². The highest BCUT2D eigenvalue weighted by Gasteiger charge is 2.21. The number of nitrogens with one attached hydrogen (secondary N) is 1. The Hall–Kier alpha value is -2.47. The van der Waals surface area contributed by atoms with Crippen molar-refractivity contribution in [2.75, 3.05) is 38.6 Å². The van der Waals surface area contributed by atoms with Crippen LogP contribution in [0.15, 0.2) is 36.7 Å². The normalized spacial score (nSPS) is 13.2. The lowest BCUT2D eigenvalue weighted by atomic mass is 10.2. The highest BCUT2D eigenvalue weighted by Crippen LogP contribution is 2.32. The van der Waals surface area contributed by atoms with Crippen molar-refractivity contribution in [1.82, 2.24) is 20.2 Å². The van der Waals surface area contributed by atoms with Gasteiger partial charge in [0.25, 0.3) is 5.91 Å². The van der Waals surface area contributed by atoms with Gasteiger partial charge >= 0.3 is 0 Å². The standard InChI is InChI=1S/C18H23N5O/c1-22(2)10-5-9-19-18(24)15-12-21-17(13-20-15)23-11-8-14-6-3-4-7-16(14)23/h3-4,6-7,12-13H,5,8-11H2,1-2H3,(H,19,24). The van der Waals surface area contributed by atoms with Gasteiger partial charge in [-0.2, -0.15) is 0 Å². The number of anilines is 2. The van der Waals surface area contributed by atoms with Crippen LogP contribution in [-0.2, 0) is 6.42 Å². The molecule has 0 spiro atoms. The van der Waals surface area contributed by atoms with Crippen LogP contribution in [0.3, 0.4) is 0 Å². The SMILES string of the molecule is CN(C)CCCNC(=O)c1cnc(N2CCc3ccccc32)cn1. The Balaban J connectivity index is 1.61. The average Bonchev–Trinajstić information content (AvgIpc) is 3.02. The second-order valence-electron chi connectivity index (χ2n) is 6.20. The van der Waals surface area contributed by atoms with Gasteiger partial charge < -0.3 is 15.1 Å². The van der Waals surface area contributed by atoms with Crippen molar-refractivity contribution in [2.45, 2.75) is 12.8 Å². The number of hydrogen-bond donors (Lipinski definition) is 1. The summed E-state index contributed by atoms with van der Waals surface area (Å²) in [7, 11) is 4.03. The predicted molar refractivity (Wildman–Crippen MR) is 94.7 cm³/mol. The summed E-state index contributed by atoms with van der Waals surface area (Å²) in [5.74, 6) is 0.610. The molecule has 3 rings (SSSR count). The third-order valence-electron chi connectivity index (χ3n) is 4.10. The smallest absolute Gasteiger partial charge is 0.271 e. The maximum absolute atomic E-state index is 12.1. The summed E-state index contributed by atoms with van der Waals surface area (Å²) in [5, 5.41) is 2.88. The van der Waals surface area contributed by atoms with Gasteiger partial charge in [0.15, 0.2) is 5.82 Å². The van der Waals surface area contributed by atoms with E-state index in [1.54, 1.807) is 12.4 Å². The number of para-hydroxylation sites is 1. The van der Waals surface area contributed by atoms with Gasteiger partial charge in [0.1, 0.15) is 5.69 Å². The summed E-state index contributed by atoms with van der Waals surface area (Å²) in [5.41, 5.74) is 2.85. The number of carbonyl (C=O) groups is 1. The number of amides is 1. The summed E-state index contributed by atoms with van der Waals surface area (Å²) in [6.45, 7) is 2.48. The fourth-order valence-electron chi connectivity index (χ4n) is 2.84. The Morgan fingerprint density at radius 3 is 2.83 bits per heavy atom. The average molecular weight is 325 g/mol. The van der Waals surface area contributed by atoms with Crippen LogP contribution in [0.5, 0.6) is 0 Å². The lowest BCUT2D eigenvalue weighted by Gasteiger charge is -2.17. The van der Waals surface area contributed by atoms with Crippen molar-refractivity contribution in [1.29, 1.82) is 0 Å². The topological polar surface area (TPSA) is 61.4 Å². The van der Waals surface area contributed by atoms with E-state index in [9.17, 15) is 4.79 Å². The van der Waals surface area contributed by atoms with Gasteiger partial charge in [0, 0.05) is 18.8 Å². The molecule has 2 aromatic rings. The first-order chi connectivity index (χ1) is 11.6. The van der Waals surface area contributed by atoms with Crippen LogP contribution >= 0.6 is 0 Å². The maximum atomic E-state index is 12.1. The summed E-state index contributed by atoms with van der Waals surface area (Å²) in [4.78, 5) is 25.0. The largest absolute Gasteiger partial charge is 0.351 e. The zero-order chi connectivity index (χ0) is 16.9. The van der Waals surface area contributed by atoms with E-state index in [0.29, 0.717) is 12.2 Å². The monoisotopic (exact) mass is 325 g/mol. The highest BCUT2D eigenvalue weighted by atomic mass is 16.1. The lowest BCUT2D eigenvalue weighted by molar-refractivity contribution is 0.0947. The van der Waals surface area contributed by atoms with Gasteiger partial charge in [0.05, 0.1) is 12.4 Å². The molecule has 1 aliphatic rings. The molecule has 1 aromatic carbocycles. The first-order valence-corrected chi connectivity index (χ1v) is 8.25. The molecule has 1 aromatic heterocycles. The van der Waals surface area contributed by atoms with Crippen LogP contribution in [0, 0.1) is 0 Å². The molecule has 0 unspecified atom stereocenters. The van der Waals surface area contributed by atoms with Gasteiger partial charge in [-0.05, 0) is 45.1 Å². The highest BCUT2D eigenvalue weighted by molar-refractivity contribution is 5.92. The molecule has 6 nitrogen and oxygen atoms in total. The van der Waals surface area contributed by atoms with Crippen molar-refractivity contribution >= 4 is 17.4 Å². The Labute approximate surface area is 142 Å². The number of fused-ring (bicyclic) bond motifs is 1. The van der Waals surface area contributed by atoms with Crippen molar-refractivity contribution < 1.29 is 4.79 Å². The number of benzene rings is 1. The van der Waals surface area contributed by atoms with Gasteiger partial charge in [-0.25, -0.2) is 9.97 Å². The van der Waals surface area contributed by atoms with Crippen molar-refractivity contribution in [3.8, 4) is 0 Å². The molecular weight excluding hydrogens is 302 g/mol. The van der Waals surface area contributed by atoms with Gasteiger partial charge in [0.2, 0.25) is 0 Å². The van der Waals surface area contributed by atoms with Crippen LogP contribution in [-0.4, -0.2) is 54.5 Å². The van der Waals surface area contributed by atoms with E-state index in [4.69, 9.17) is 0 Å². The molecule has 24 heavy (non-hydrogen) atoms. The predicted octanol–water partition coefficient (Wildman–Crippen LogP) is 1.85. The second kappa shape index (κ2) is 7.40. The molecule has 0 saturated carbocycles. The number of nitrogens with zero attached hydrogens (tertiary/aromatic N) is 4. The molecule has 1 aliphatic heterocycles. The molecule has 6 heteroatoms. The van der Waals surface area contributed by atoms with E-state index in [-0.39, 0.29) is 5.91 Å². The molecule has 1 amide bonds. The van der Waals surface area contributed by atoms with E-state index in [1.165, 1.54) is 11.3 Å².